The maximum atomic E-state index is 11.4. The van der Waals surface area contributed by atoms with Crippen molar-refractivity contribution in [2.45, 2.75) is 45.9 Å². The van der Waals surface area contributed by atoms with E-state index in [4.69, 9.17) is 4.74 Å². The van der Waals surface area contributed by atoms with Crippen molar-refractivity contribution >= 4 is 40.0 Å². The molecule has 1 aromatic heterocycles. The zero-order chi connectivity index (χ0) is 19.0. The van der Waals surface area contributed by atoms with E-state index in [1.807, 2.05) is 11.6 Å². The van der Waals surface area contributed by atoms with E-state index in [9.17, 15) is 8.42 Å². The summed E-state index contributed by atoms with van der Waals surface area (Å²) < 4.78 is 32.4. The molecule has 0 fully saturated rings. The second-order valence-corrected chi connectivity index (χ2v) is 8.09. The molecular weight excluding hydrogens is 485 g/mol. The van der Waals surface area contributed by atoms with Crippen molar-refractivity contribution in [2.24, 2.45) is 4.99 Å². The number of fused-ring (bicyclic) bond motifs is 1. The van der Waals surface area contributed by atoms with Crippen molar-refractivity contribution in [1.82, 2.24) is 30.1 Å². The van der Waals surface area contributed by atoms with Crippen LogP contribution in [0.2, 0.25) is 0 Å². The summed E-state index contributed by atoms with van der Waals surface area (Å²) in [6, 6.07) is 0.185. The number of halogens is 1. The molecule has 10 nitrogen and oxygen atoms in total. The number of ether oxygens (including phenoxy) is 1. The number of hydrogen-bond donors (Lipinski definition) is 3. The zero-order valence-electron chi connectivity index (χ0n) is 16.1. The van der Waals surface area contributed by atoms with Gasteiger partial charge in [-0.3, -0.25) is 4.99 Å². The van der Waals surface area contributed by atoms with Crippen molar-refractivity contribution in [2.75, 3.05) is 32.5 Å². The average Bonchev–Trinajstić information content (AvgIpc) is 3.01. The molecule has 1 atom stereocenters. The highest BCUT2D eigenvalue weighted by molar-refractivity contribution is 14.0. The van der Waals surface area contributed by atoms with Gasteiger partial charge in [0.05, 0.1) is 18.8 Å². The van der Waals surface area contributed by atoms with Crippen LogP contribution in [0.25, 0.3) is 0 Å². The number of rotatable bonds is 9. The maximum Gasteiger partial charge on any atom is 0.211 e. The minimum absolute atomic E-state index is 0. The van der Waals surface area contributed by atoms with Gasteiger partial charge in [0.25, 0.3) is 0 Å². The lowest BCUT2D eigenvalue weighted by Gasteiger charge is -2.25. The molecule has 0 spiro atoms. The van der Waals surface area contributed by atoms with Gasteiger partial charge in [0.2, 0.25) is 10.0 Å². The van der Waals surface area contributed by atoms with Crippen LogP contribution in [0.4, 0.5) is 0 Å². The zero-order valence-corrected chi connectivity index (χ0v) is 19.2. The number of aromatic nitrogens is 3. The Bertz CT molecular complexity index is 708. The van der Waals surface area contributed by atoms with Gasteiger partial charge in [0, 0.05) is 32.7 Å². The van der Waals surface area contributed by atoms with Crippen LogP contribution in [0.3, 0.4) is 0 Å². The molecule has 0 aliphatic carbocycles. The predicted molar refractivity (Wildman–Crippen MR) is 115 cm³/mol. The van der Waals surface area contributed by atoms with E-state index in [1.165, 1.54) is 0 Å². The molecule has 2 rings (SSSR count). The lowest BCUT2D eigenvalue weighted by atomic mass is 10.1. The van der Waals surface area contributed by atoms with Crippen LogP contribution < -0.4 is 15.4 Å². The van der Waals surface area contributed by atoms with Gasteiger partial charge < -0.3 is 15.4 Å². The number of guanidine groups is 1. The Kier molecular flexibility index (Phi) is 10.5. The highest BCUT2D eigenvalue weighted by atomic mass is 127. The summed E-state index contributed by atoms with van der Waals surface area (Å²) in [5, 5.41) is 11.0. The Morgan fingerprint density at radius 3 is 2.85 bits per heavy atom. The molecule has 0 saturated carbocycles. The van der Waals surface area contributed by atoms with Gasteiger partial charge in [0.15, 0.2) is 11.8 Å². The van der Waals surface area contributed by atoms with Crippen molar-refractivity contribution in [1.29, 1.82) is 0 Å². The lowest BCUT2D eigenvalue weighted by Crippen LogP contribution is -2.47. The topological polar surface area (TPSA) is 123 Å². The number of hydrogen-bond acceptors (Lipinski definition) is 6. The molecule has 1 aromatic rings. The van der Waals surface area contributed by atoms with E-state index in [0.717, 1.165) is 25.2 Å². The molecule has 1 unspecified atom stereocenters. The Morgan fingerprint density at radius 2 is 2.19 bits per heavy atom. The van der Waals surface area contributed by atoms with E-state index in [-0.39, 0.29) is 42.3 Å². The number of aliphatic imine (C=N–C) groups is 1. The number of nitrogens with zero attached hydrogens (tertiary/aromatic N) is 4. The molecule has 3 N–H and O–H groups in total. The molecule has 12 heteroatoms. The molecule has 2 heterocycles. The van der Waals surface area contributed by atoms with Gasteiger partial charge in [-0.15, -0.1) is 24.0 Å². The normalized spacial score (nSPS) is 17.1. The van der Waals surface area contributed by atoms with Gasteiger partial charge in [-0.1, -0.05) is 0 Å². The first-order chi connectivity index (χ1) is 12.5. The predicted octanol–water partition coefficient (Wildman–Crippen LogP) is -0.148. The SMILES string of the molecule is CCNC(=NCCNS(=O)(=O)CC)NC1CCc2nc(COC)nn2C1.I. The number of sulfonamides is 1. The first kappa shape index (κ1) is 24.0. The summed E-state index contributed by atoms with van der Waals surface area (Å²) in [5.74, 6) is 2.43. The van der Waals surface area contributed by atoms with Gasteiger partial charge in [-0.2, -0.15) is 5.10 Å². The standard InChI is InChI=1S/C15H29N7O3S.HI/c1-4-16-15(17-8-9-18-26(23,24)5-2)19-12-6-7-14-20-13(11-25-3)21-22(14)10-12;/h12,18H,4-11H2,1-3H3,(H2,16,17,19);1H. The molecule has 1 aliphatic rings. The van der Waals surface area contributed by atoms with Gasteiger partial charge in [-0.05, 0) is 20.3 Å². The summed E-state index contributed by atoms with van der Waals surface area (Å²) in [7, 11) is -1.55. The molecular formula is C15H30IN7O3S. The maximum absolute atomic E-state index is 11.4. The van der Waals surface area contributed by atoms with Crippen molar-refractivity contribution < 1.29 is 13.2 Å². The summed E-state index contributed by atoms with van der Waals surface area (Å²) in [6.07, 6.45) is 1.77. The largest absolute Gasteiger partial charge is 0.377 e. The van der Waals surface area contributed by atoms with Crippen LogP contribution in [0.1, 0.15) is 31.9 Å². The Labute approximate surface area is 178 Å². The smallest absolute Gasteiger partial charge is 0.211 e. The third-order valence-electron chi connectivity index (χ3n) is 3.94. The summed E-state index contributed by atoms with van der Waals surface area (Å²) in [6.45, 7) is 6.10. The van der Waals surface area contributed by atoms with Gasteiger partial charge >= 0.3 is 0 Å². The third-order valence-corrected chi connectivity index (χ3v) is 5.35. The molecule has 0 aromatic carbocycles. The van der Waals surface area contributed by atoms with E-state index in [2.05, 4.69) is 30.4 Å². The van der Waals surface area contributed by atoms with Crippen LogP contribution in [-0.4, -0.2) is 67.7 Å². The van der Waals surface area contributed by atoms with Crippen LogP contribution in [-0.2, 0) is 34.3 Å². The Morgan fingerprint density at radius 1 is 1.41 bits per heavy atom. The highest BCUT2D eigenvalue weighted by Gasteiger charge is 2.22. The summed E-state index contributed by atoms with van der Waals surface area (Å²) >= 11 is 0. The van der Waals surface area contributed by atoms with E-state index in [0.29, 0.717) is 31.5 Å². The van der Waals surface area contributed by atoms with Crippen molar-refractivity contribution in [3.63, 3.8) is 0 Å². The molecule has 0 saturated heterocycles. The van der Waals surface area contributed by atoms with Gasteiger partial charge in [0.1, 0.15) is 12.4 Å². The van der Waals surface area contributed by atoms with E-state index < -0.39 is 10.0 Å². The Hall–Kier alpha value is -0.990. The summed E-state index contributed by atoms with van der Waals surface area (Å²) in [4.78, 5) is 8.91. The molecule has 0 amide bonds. The monoisotopic (exact) mass is 515 g/mol. The van der Waals surface area contributed by atoms with E-state index >= 15 is 0 Å². The first-order valence-electron chi connectivity index (χ1n) is 8.91. The number of methoxy groups -OCH3 is 1. The molecule has 1 aliphatic heterocycles. The fourth-order valence-corrected chi connectivity index (χ4v) is 3.26. The van der Waals surface area contributed by atoms with E-state index in [1.54, 1.807) is 14.0 Å². The molecule has 156 valence electrons. The van der Waals surface area contributed by atoms with Gasteiger partial charge in [-0.25, -0.2) is 22.8 Å². The molecule has 27 heavy (non-hydrogen) atoms. The second-order valence-electron chi connectivity index (χ2n) is 6.00. The minimum atomic E-state index is -3.18. The molecule has 0 bridgehead atoms. The fraction of sp³-hybridized carbons (Fsp3) is 0.800. The van der Waals surface area contributed by atoms with Crippen molar-refractivity contribution in [3.8, 4) is 0 Å². The lowest BCUT2D eigenvalue weighted by molar-refractivity contribution is 0.177. The van der Waals surface area contributed by atoms with Crippen LogP contribution >= 0.6 is 24.0 Å². The molecule has 0 radical (unpaired) electrons. The van der Waals surface area contributed by atoms with Crippen LogP contribution in [0, 0.1) is 0 Å². The Balaban J connectivity index is 0.00000364. The third kappa shape index (κ3) is 7.87. The summed E-state index contributed by atoms with van der Waals surface area (Å²) in [5.41, 5.74) is 0. The quantitative estimate of drug-likeness (QED) is 0.181. The highest BCUT2D eigenvalue weighted by Crippen LogP contribution is 2.13. The van der Waals surface area contributed by atoms with Crippen molar-refractivity contribution in [3.05, 3.63) is 11.6 Å². The number of nitrogens with one attached hydrogen (secondary N) is 3. The first-order valence-corrected chi connectivity index (χ1v) is 10.6. The minimum Gasteiger partial charge on any atom is -0.377 e. The van der Waals surface area contributed by atoms with Crippen LogP contribution in [0.5, 0.6) is 0 Å². The average molecular weight is 515 g/mol. The fourth-order valence-electron chi connectivity index (χ4n) is 2.65. The number of aryl methyl sites for hydroxylation is 1. The second kappa shape index (κ2) is 11.8. The van der Waals surface area contributed by atoms with Crippen LogP contribution in [0.15, 0.2) is 4.99 Å².